The third-order valence-electron chi connectivity index (χ3n) is 16.5. The Morgan fingerprint density at radius 1 is 0.351 bits per heavy atom. The van der Waals surface area contributed by atoms with Crippen molar-refractivity contribution >= 4 is 11.9 Å². The van der Waals surface area contributed by atoms with Gasteiger partial charge in [-0.3, -0.25) is 9.59 Å². The second-order valence-corrected chi connectivity index (χ2v) is 24.2. The van der Waals surface area contributed by atoms with Crippen molar-refractivity contribution in [1.29, 1.82) is 0 Å². The zero-order valence-corrected chi connectivity index (χ0v) is 52.2. The van der Waals surface area contributed by atoms with Crippen LogP contribution < -0.4 is 5.32 Å². The fourth-order valence-electron chi connectivity index (χ4n) is 11.1. The molecule has 0 aromatic carbocycles. The number of hydrogen-bond acceptors (Lipinski definition) is 5. The van der Waals surface area contributed by atoms with Gasteiger partial charge in [0.25, 0.3) is 0 Å². The molecule has 0 saturated heterocycles. The Bertz CT molecular complexity index is 1200. The molecule has 0 aliphatic carbocycles. The van der Waals surface area contributed by atoms with Crippen LogP contribution in [0.2, 0.25) is 0 Å². The van der Waals surface area contributed by atoms with E-state index >= 15 is 0 Å². The fraction of sp³-hybridized carbons (Fsp3) is 0.915. The maximum atomic E-state index is 12.6. The van der Waals surface area contributed by atoms with E-state index in [2.05, 4.69) is 43.5 Å². The number of aliphatic hydroxyl groups excluding tert-OH is 2. The van der Waals surface area contributed by atoms with E-state index in [1.807, 2.05) is 0 Å². The maximum Gasteiger partial charge on any atom is 0.305 e. The van der Waals surface area contributed by atoms with Crippen LogP contribution in [0, 0.1) is 0 Å². The van der Waals surface area contributed by atoms with Gasteiger partial charge in [0.2, 0.25) is 5.91 Å². The van der Waals surface area contributed by atoms with Gasteiger partial charge in [0.05, 0.1) is 25.4 Å². The minimum Gasteiger partial charge on any atom is -0.466 e. The number of carbonyl (C=O) groups excluding carboxylic acids is 2. The van der Waals surface area contributed by atoms with Crippen LogP contribution in [0.5, 0.6) is 0 Å². The molecule has 6 nitrogen and oxygen atoms in total. The molecule has 2 atom stereocenters. The van der Waals surface area contributed by atoms with Crippen molar-refractivity contribution in [2.24, 2.45) is 0 Å². The summed E-state index contributed by atoms with van der Waals surface area (Å²) < 4.78 is 5.48. The summed E-state index contributed by atoms with van der Waals surface area (Å²) in [6, 6.07) is -0.547. The minimum atomic E-state index is -0.670. The van der Waals surface area contributed by atoms with Gasteiger partial charge >= 0.3 is 5.97 Å². The first-order chi connectivity index (χ1) is 38.0. The second kappa shape index (κ2) is 66.8. The van der Waals surface area contributed by atoms with Gasteiger partial charge in [-0.2, -0.15) is 0 Å². The van der Waals surface area contributed by atoms with Crippen LogP contribution >= 0.6 is 0 Å². The molecular weight excluding hydrogens is 947 g/mol. The summed E-state index contributed by atoms with van der Waals surface area (Å²) in [5.74, 6) is -0.0337. The number of aliphatic hydroxyl groups is 2. The Morgan fingerprint density at radius 3 is 0.935 bits per heavy atom. The van der Waals surface area contributed by atoms with Crippen LogP contribution in [0.25, 0.3) is 0 Å². The number of nitrogens with one attached hydrogen (secondary N) is 1. The molecule has 0 heterocycles. The van der Waals surface area contributed by atoms with Crippen molar-refractivity contribution in [2.45, 2.75) is 405 Å². The van der Waals surface area contributed by atoms with Gasteiger partial charge in [-0.15, -0.1) is 0 Å². The average molecular weight is 1080 g/mol. The predicted octanol–water partition coefficient (Wildman–Crippen LogP) is 22.5. The zero-order valence-electron chi connectivity index (χ0n) is 52.2. The van der Waals surface area contributed by atoms with Gasteiger partial charge in [0.15, 0.2) is 0 Å². The van der Waals surface area contributed by atoms with E-state index in [4.69, 9.17) is 4.74 Å². The lowest BCUT2D eigenvalue weighted by Gasteiger charge is -2.22. The molecule has 0 saturated carbocycles. The Kier molecular flexibility index (Phi) is 65.4. The molecule has 0 aliphatic rings. The highest BCUT2D eigenvalue weighted by Gasteiger charge is 2.20. The second-order valence-electron chi connectivity index (χ2n) is 24.2. The number of carbonyl (C=O) groups is 2. The summed E-state index contributed by atoms with van der Waals surface area (Å²) >= 11 is 0. The number of allylic oxidation sites excluding steroid dienone is 4. The van der Waals surface area contributed by atoms with Crippen molar-refractivity contribution in [3.8, 4) is 0 Å². The topological polar surface area (TPSA) is 95.9 Å². The lowest BCUT2D eigenvalue weighted by molar-refractivity contribution is -0.143. The van der Waals surface area contributed by atoms with E-state index in [0.29, 0.717) is 25.9 Å². The Morgan fingerprint density at radius 2 is 0.610 bits per heavy atom. The molecule has 0 spiro atoms. The van der Waals surface area contributed by atoms with Crippen molar-refractivity contribution in [2.75, 3.05) is 13.2 Å². The van der Waals surface area contributed by atoms with Gasteiger partial charge < -0.3 is 20.3 Å². The van der Waals surface area contributed by atoms with Crippen LogP contribution in [0.3, 0.4) is 0 Å². The summed E-state index contributed by atoms with van der Waals surface area (Å²) in [6.07, 6.45) is 83.6. The van der Waals surface area contributed by atoms with E-state index in [9.17, 15) is 19.8 Å². The largest absolute Gasteiger partial charge is 0.466 e. The lowest BCUT2D eigenvalue weighted by Crippen LogP contribution is -2.45. The summed E-state index contributed by atoms with van der Waals surface area (Å²) in [5, 5.41) is 23.4. The van der Waals surface area contributed by atoms with E-state index in [0.717, 1.165) is 44.9 Å². The lowest BCUT2D eigenvalue weighted by atomic mass is 10.0. The molecule has 3 N–H and O–H groups in total. The van der Waals surface area contributed by atoms with Crippen LogP contribution in [0.15, 0.2) is 24.3 Å². The molecule has 6 heteroatoms. The van der Waals surface area contributed by atoms with Gasteiger partial charge in [0.1, 0.15) is 0 Å². The molecule has 0 rings (SSSR count). The molecule has 0 aromatic heterocycles. The number of hydrogen-bond donors (Lipinski definition) is 3. The normalized spacial score (nSPS) is 12.6. The van der Waals surface area contributed by atoms with Crippen LogP contribution in [0.4, 0.5) is 0 Å². The van der Waals surface area contributed by atoms with E-state index in [1.54, 1.807) is 0 Å². The van der Waals surface area contributed by atoms with Gasteiger partial charge in [-0.25, -0.2) is 0 Å². The summed E-state index contributed by atoms with van der Waals surface area (Å²) in [5.41, 5.74) is 0. The molecule has 0 radical (unpaired) electrons. The third kappa shape index (κ3) is 63.4. The summed E-state index contributed by atoms with van der Waals surface area (Å²) in [6.45, 7) is 4.97. The zero-order chi connectivity index (χ0) is 55.7. The van der Waals surface area contributed by atoms with E-state index in [1.165, 1.54) is 315 Å². The number of ether oxygens (including phenoxy) is 1. The van der Waals surface area contributed by atoms with Crippen LogP contribution in [-0.2, 0) is 14.3 Å². The van der Waals surface area contributed by atoms with Crippen molar-refractivity contribution < 1.29 is 24.5 Å². The molecule has 0 bridgehead atoms. The SMILES string of the molecule is CCCCCC/C=C\CCCCCCCC(=O)OCCCCCCCCCCCCCC/C=C\CCCCCCCCCC(=O)NC(CO)C(O)CCCCCCCCCCCCCCCCCCCCCCCCCC. The number of esters is 1. The Balaban J connectivity index is 3.41. The van der Waals surface area contributed by atoms with Gasteiger partial charge in [0, 0.05) is 12.8 Å². The minimum absolute atomic E-state index is 0.00309. The quantitative estimate of drug-likeness (QED) is 0.0320. The summed E-state index contributed by atoms with van der Waals surface area (Å²) in [7, 11) is 0. The highest BCUT2D eigenvalue weighted by atomic mass is 16.5. The van der Waals surface area contributed by atoms with E-state index in [-0.39, 0.29) is 18.5 Å². The molecule has 2 unspecified atom stereocenters. The fourth-order valence-corrected chi connectivity index (χ4v) is 11.1. The molecule has 0 aliphatic heterocycles. The highest BCUT2D eigenvalue weighted by molar-refractivity contribution is 5.76. The van der Waals surface area contributed by atoms with Crippen molar-refractivity contribution in [3.63, 3.8) is 0 Å². The molecule has 1 amide bonds. The van der Waals surface area contributed by atoms with Crippen molar-refractivity contribution in [3.05, 3.63) is 24.3 Å². The van der Waals surface area contributed by atoms with Gasteiger partial charge in [-0.1, -0.05) is 327 Å². The maximum absolute atomic E-state index is 12.6. The number of unbranched alkanes of at least 4 members (excludes halogenated alkanes) is 51. The smallest absolute Gasteiger partial charge is 0.305 e. The van der Waals surface area contributed by atoms with Gasteiger partial charge in [-0.05, 0) is 77.0 Å². The van der Waals surface area contributed by atoms with E-state index < -0.39 is 12.1 Å². The molecule has 456 valence electrons. The van der Waals surface area contributed by atoms with Crippen molar-refractivity contribution in [1.82, 2.24) is 5.32 Å². The number of rotatable bonds is 66. The summed E-state index contributed by atoms with van der Waals surface area (Å²) in [4.78, 5) is 24.6. The predicted molar refractivity (Wildman–Crippen MR) is 338 cm³/mol. The van der Waals surface area contributed by atoms with Crippen LogP contribution in [-0.4, -0.2) is 47.4 Å². The molecule has 0 aromatic rings. The molecule has 0 fully saturated rings. The first kappa shape index (κ1) is 75.3. The highest BCUT2D eigenvalue weighted by Crippen LogP contribution is 2.19. The third-order valence-corrected chi connectivity index (χ3v) is 16.5. The number of amides is 1. The molecular formula is C71H137NO5. The standard InChI is InChI=1S/C71H137NO5/c1-3-5-7-9-11-13-15-17-18-19-20-21-22-24-27-30-33-36-40-43-47-51-55-59-63-69(74)68(67-73)72-70(75)64-60-56-52-48-44-41-37-34-31-28-25-23-26-29-32-35-38-42-46-50-54-58-62-66-77-71(76)65-61-57-53-49-45-39-16-14-12-10-8-6-4-2/h14,16,28,31,68-69,73-74H,3-13,15,17-27,29-30,32-67H2,1-2H3,(H,72,75)/b16-14-,31-28-. The first-order valence-corrected chi connectivity index (χ1v) is 35.1. The monoisotopic (exact) mass is 1080 g/mol. The Labute approximate surface area is 481 Å². The Hall–Kier alpha value is -1.66. The average Bonchev–Trinajstić information content (AvgIpc) is 3.43. The first-order valence-electron chi connectivity index (χ1n) is 35.1. The molecule has 77 heavy (non-hydrogen) atoms. The van der Waals surface area contributed by atoms with Crippen LogP contribution in [0.1, 0.15) is 393 Å².